The van der Waals surface area contributed by atoms with Crippen molar-refractivity contribution in [3.8, 4) is 0 Å². The quantitative estimate of drug-likeness (QED) is 0.922. The average molecular weight is 286 g/mol. The van der Waals surface area contributed by atoms with Crippen LogP contribution >= 0.6 is 0 Å². The summed E-state index contributed by atoms with van der Waals surface area (Å²) in [5.41, 5.74) is 2.76. The molecule has 1 aromatic carbocycles. The molecule has 1 amide bonds. The number of fused-ring (bicyclic) bond motifs is 1. The second-order valence-corrected chi connectivity index (χ2v) is 6.44. The molecule has 0 spiro atoms. The van der Waals surface area contributed by atoms with Crippen LogP contribution in [0.1, 0.15) is 55.7 Å². The molecule has 1 aromatic rings. The molecule has 2 unspecified atom stereocenters. The normalized spacial score (nSPS) is 24.6. The molecule has 0 bridgehead atoms. The molecule has 2 atom stereocenters. The van der Waals surface area contributed by atoms with Crippen molar-refractivity contribution in [3.05, 3.63) is 35.4 Å². The van der Waals surface area contributed by atoms with Crippen molar-refractivity contribution in [2.75, 3.05) is 13.6 Å². The van der Waals surface area contributed by atoms with Gasteiger partial charge in [-0.15, -0.1) is 0 Å². The lowest BCUT2D eigenvalue weighted by Crippen LogP contribution is -2.36. The summed E-state index contributed by atoms with van der Waals surface area (Å²) in [6, 6.07) is 9.39. The van der Waals surface area contributed by atoms with Gasteiger partial charge >= 0.3 is 0 Å². The number of benzene rings is 1. The predicted octanol–water partition coefficient (Wildman–Crippen LogP) is 3.05. The summed E-state index contributed by atoms with van der Waals surface area (Å²) in [6.45, 7) is 1.12. The molecule has 3 heteroatoms. The minimum Gasteiger partial charge on any atom is -0.339 e. The number of hydrogen-bond donors (Lipinski definition) is 1. The average Bonchev–Trinajstić information content (AvgIpc) is 2.97. The van der Waals surface area contributed by atoms with Gasteiger partial charge in [-0.3, -0.25) is 4.79 Å². The third-order valence-electron chi connectivity index (χ3n) is 5.08. The zero-order valence-electron chi connectivity index (χ0n) is 13.0. The topological polar surface area (TPSA) is 32.3 Å². The van der Waals surface area contributed by atoms with Crippen LogP contribution < -0.4 is 5.32 Å². The summed E-state index contributed by atoms with van der Waals surface area (Å²) in [5.74, 6) is 0.295. The van der Waals surface area contributed by atoms with Crippen molar-refractivity contribution in [1.29, 1.82) is 0 Å². The predicted molar refractivity (Wildman–Crippen MR) is 85.1 cm³/mol. The van der Waals surface area contributed by atoms with Crippen molar-refractivity contribution in [2.24, 2.45) is 0 Å². The number of piperidine rings is 1. The highest BCUT2D eigenvalue weighted by molar-refractivity contribution is 5.76. The van der Waals surface area contributed by atoms with Gasteiger partial charge < -0.3 is 10.2 Å². The lowest BCUT2D eigenvalue weighted by Gasteiger charge is -2.27. The van der Waals surface area contributed by atoms with Crippen LogP contribution in [0.15, 0.2) is 24.3 Å². The van der Waals surface area contributed by atoms with Crippen LogP contribution in [0.5, 0.6) is 0 Å². The maximum atomic E-state index is 12.5. The number of carbonyl (C=O) groups excluding carboxylic acids is 1. The number of hydrogen-bond acceptors (Lipinski definition) is 2. The molecule has 0 saturated carbocycles. The molecule has 1 N–H and O–H groups in total. The Kier molecular flexibility index (Phi) is 4.59. The standard InChI is InChI=1S/C18H26N2O/c1-20(17-11-9-14-6-2-3-8-16(14)17)18(21)12-10-15-7-4-5-13-19-15/h2-3,6,8,15,17,19H,4-5,7,9-13H2,1H3. The highest BCUT2D eigenvalue weighted by atomic mass is 16.2. The highest BCUT2D eigenvalue weighted by Crippen LogP contribution is 2.35. The van der Waals surface area contributed by atoms with E-state index in [9.17, 15) is 4.79 Å². The van der Waals surface area contributed by atoms with Crippen LogP contribution in [0, 0.1) is 0 Å². The Labute approximate surface area is 127 Å². The molecule has 1 heterocycles. The summed E-state index contributed by atoms with van der Waals surface area (Å²) < 4.78 is 0. The molecular weight excluding hydrogens is 260 g/mol. The Bertz CT molecular complexity index is 494. The minimum atomic E-state index is 0.285. The smallest absolute Gasteiger partial charge is 0.222 e. The second kappa shape index (κ2) is 6.61. The number of carbonyl (C=O) groups is 1. The maximum absolute atomic E-state index is 12.5. The van der Waals surface area contributed by atoms with E-state index in [2.05, 4.69) is 29.6 Å². The number of aryl methyl sites for hydroxylation is 1. The first-order valence-electron chi connectivity index (χ1n) is 8.32. The summed E-state index contributed by atoms with van der Waals surface area (Å²) in [6.07, 6.45) is 7.64. The molecule has 1 aliphatic carbocycles. The zero-order chi connectivity index (χ0) is 14.7. The highest BCUT2D eigenvalue weighted by Gasteiger charge is 2.28. The first-order valence-corrected chi connectivity index (χ1v) is 8.32. The SMILES string of the molecule is CN(C(=O)CCC1CCCCN1)C1CCc2ccccc21. The molecule has 1 saturated heterocycles. The van der Waals surface area contributed by atoms with Gasteiger partial charge in [0.25, 0.3) is 0 Å². The summed E-state index contributed by atoms with van der Waals surface area (Å²) in [4.78, 5) is 14.5. The Morgan fingerprint density at radius 2 is 2.14 bits per heavy atom. The Morgan fingerprint density at radius 3 is 2.95 bits per heavy atom. The van der Waals surface area contributed by atoms with Crippen LogP contribution in [-0.2, 0) is 11.2 Å². The molecule has 2 aliphatic rings. The zero-order valence-corrected chi connectivity index (χ0v) is 13.0. The molecular formula is C18H26N2O. The fourth-order valence-corrected chi connectivity index (χ4v) is 3.76. The van der Waals surface area contributed by atoms with E-state index >= 15 is 0 Å². The van der Waals surface area contributed by atoms with E-state index in [4.69, 9.17) is 0 Å². The first kappa shape index (κ1) is 14.6. The van der Waals surface area contributed by atoms with Gasteiger partial charge in [-0.05, 0) is 49.8 Å². The molecule has 114 valence electrons. The van der Waals surface area contributed by atoms with E-state index in [0.717, 1.165) is 25.8 Å². The maximum Gasteiger partial charge on any atom is 0.222 e. The van der Waals surface area contributed by atoms with Gasteiger partial charge in [-0.2, -0.15) is 0 Å². The molecule has 0 radical (unpaired) electrons. The van der Waals surface area contributed by atoms with Crippen molar-refractivity contribution >= 4 is 5.91 Å². The lowest BCUT2D eigenvalue weighted by molar-refractivity contribution is -0.132. The summed E-state index contributed by atoms with van der Waals surface area (Å²) in [5, 5.41) is 3.53. The Hall–Kier alpha value is -1.35. The van der Waals surface area contributed by atoms with Gasteiger partial charge in [0, 0.05) is 19.5 Å². The minimum absolute atomic E-state index is 0.285. The van der Waals surface area contributed by atoms with E-state index in [1.54, 1.807) is 0 Å². The van der Waals surface area contributed by atoms with Crippen LogP contribution in [0.3, 0.4) is 0 Å². The van der Waals surface area contributed by atoms with Gasteiger partial charge in [0.05, 0.1) is 6.04 Å². The van der Waals surface area contributed by atoms with Gasteiger partial charge in [0.1, 0.15) is 0 Å². The van der Waals surface area contributed by atoms with Crippen LogP contribution in [0.2, 0.25) is 0 Å². The van der Waals surface area contributed by atoms with Crippen molar-refractivity contribution in [1.82, 2.24) is 10.2 Å². The molecule has 1 fully saturated rings. The molecule has 3 nitrogen and oxygen atoms in total. The molecule has 0 aromatic heterocycles. The van der Waals surface area contributed by atoms with E-state index in [-0.39, 0.29) is 6.04 Å². The van der Waals surface area contributed by atoms with E-state index in [1.165, 1.54) is 30.4 Å². The largest absolute Gasteiger partial charge is 0.339 e. The second-order valence-electron chi connectivity index (χ2n) is 6.44. The molecule has 21 heavy (non-hydrogen) atoms. The van der Waals surface area contributed by atoms with Crippen LogP contribution in [0.25, 0.3) is 0 Å². The van der Waals surface area contributed by atoms with E-state index in [1.807, 2.05) is 11.9 Å². The summed E-state index contributed by atoms with van der Waals surface area (Å²) >= 11 is 0. The van der Waals surface area contributed by atoms with Crippen LogP contribution in [-0.4, -0.2) is 30.4 Å². The number of amides is 1. The Morgan fingerprint density at radius 1 is 1.29 bits per heavy atom. The van der Waals surface area contributed by atoms with Crippen molar-refractivity contribution in [3.63, 3.8) is 0 Å². The molecule has 3 rings (SSSR count). The van der Waals surface area contributed by atoms with E-state index < -0.39 is 0 Å². The first-order chi connectivity index (χ1) is 10.3. The van der Waals surface area contributed by atoms with Gasteiger partial charge in [-0.25, -0.2) is 0 Å². The monoisotopic (exact) mass is 286 g/mol. The summed E-state index contributed by atoms with van der Waals surface area (Å²) in [7, 11) is 1.98. The van der Waals surface area contributed by atoms with Crippen molar-refractivity contribution in [2.45, 2.75) is 57.0 Å². The third kappa shape index (κ3) is 3.29. The number of nitrogens with one attached hydrogen (secondary N) is 1. The Balaban J connectivity index is 1.55. The number of rotatable bonds is 4. The van der Waals surface area contributed by atoms with Gasteiger partial charge in [0.15, 0.2) is 0 Å². The van der Waals surface area contributed by atoms with Gasteiger partial charge in [-0.1, -0.05) is 30.7 Å². The number of nitrogens with zero attached hydrogens (tertiary/aromatic N) is 1. The fraction of sp³-hybridized carbons (Fsp3) is 0.611. The fourth-order valence-electron chi connectivity index (χ4n) is 3.76. The van der Waals surface area contributed by atoms with Gasteiger partial charge in [0.2, 0.25) is 5.91 Å². The lowest BCUT2D eigenvalue weighted by atomic mass is 10.00. The van der Waals surface area contributed by atoms with Crippen LogP contribution in [0.4, 0.5) is 0 Å². The third-order valence-corrected chi connectivity index (χ3v) is 5.08. The molecule has 1 aliphatic heterocycles. The van der Waals surface area contributed by atoms with E-state index in [0.29, 0.717) is 18.4 Å². The van der Waals surface area contributed by atoms with Crippen molar-refractivity contribution < 1.29 is 4.79 Å².